The number of hydrogen-bond acceptors (Lipinski definition) is 7. The Morgan fingerprint density at radius 1 is 1.05 bits per heavy atom. The highest BCUT2D eigenvalue weighted by Gasteiger charge is 2.47. The first-order valence-corrected chi connectivity index (χ1v) is 11.5. The molecule has 220 valence electrons. The third-order valence-corrected chi connectivity index (χ3v) is 5.59. The fourth-order valence-corrected chi connectivity index (χ4v) is 3.66. The zero-order valence-electron chi connectivity index (χ0n) is 20.9. The van der Waals surface area contributed by atoms with E-state index in [4.69, 9.17) is 29.3 Å². The van der Waals surface area contributed by atoms with Gasteiger partial charge in [0.1, 0.15) is 5.69 Å². The van der Waals surface area contributed by atoms with Gasteiger partial charge in [-0.1, -0.05) is 12.1 Å². The second-order valence-corrected chi connectivity index (χ2v) is 8.76. The standard InChI is InChI=1S/C20H23N3O3.2C2HF3O2/c1-15-5-6-18(22-11-15)19(24)23-9-7-20(14-23)10-17(13-26-20)25-12-16-4-2-3-8-21-16;2*3-2(4,5)1(6)7/h2-6,8,11,17H,7,9-10,12-14H2,1H3;2*(H,6,7)/t17-,20+;;/m1../s1. The van der Waals surface area contributed by atoms with Crippen LogP contribution in [0, 0.1) is 6.92 Å². The lowest BCUT2D eigenvalue weighted by atomic mass is 9.98. The van der Waals surface area contributed by atoms with Gasteiger partial charge in [-0.15, -0.1) is 0 Å². The summed E-state index contributed by atoms with van der Waals surface area (Å²) < 4.78 is 75.5. The molecule has 2 aromatic heterocycles. The molecule has 1 spiro atoms. The molecule has 40 heavy (non-hydrogen) atoms. The SMILES string of the molecule is Cc1ccc(C(=O)N2CC[C@]3(C[C@@H](OCc4ccccn4)CO3)C2)nc1.O=C(O)C(F)(F)F.O=C(O)C(F)(F)F. The number of aromatic nitrogens is 2. The lowest BCUT2D eigenvalue weighted by molar-refractivity contribution is -0.193. The predicted octanol–water partition coefficient (Wildman–Crippen LogP) is 3.64. The van der Waals surface area contributed by atoms with E-state index in [0.717, 1.165) is 24.1 Å². The maximum atomic E-state index is 12.7. The number of pyridine rings is 2. The molecular weight excluding hydrogens is 556 g/mol. The number of alkyl halides is 6. The maximum absolute atomic E-state index is 12.7. The topological polar surface area (TPSA) is 139 Å². The third-order valence-electron chi connectivity index (χ3n) is 5.59. The number of aryl methyl sites for hydroxylation is 1. The zero-order chi connectivity index (χ0) is 30.1. The average molecular weight is 581 g/mol. The molecule has 2 N–H and O–H groups in total. The van der Waals surface area contributed by atoms with E-state index in [1.165, 1.54) is 0 Å². The number of carboxylic acids is 2. The molecule has 2 aliphatic heterocycles. The van der Waals surface area contributed by atoms with Crippen molar-refractivity contribution in [1.82, 2.24) is 14.9 Å². The fourth-order valence-electron chi connectivity index (χ4n) is 3.66. The Hall–Kier alpha value is -3.79. The molecule has 4 heterocycles. The van der Waals surface area contributed by atoms with Crippen LogP contribution in [0.25, 0.3) is 0 Å². The van der Waals surface area contributed by atoms with E-state index in [0.29, 0.717) is 32.0 Å². The summed E-state index contributed by atoms with van der Waals surface area (Å²) in [5, 5.41) is 14.2. The number of hydrogen-bond donors (Lipinski definition) is 2. The number of halogens is 6. The Morgan fingerprint density at radius 2 is 1.68 bits per heavy atom. The number of carbonyl (C=O) groups is 3. The van der Waals surface area contributed by atoms with Gasteiger partial charge in [0, 0.05) is 25.4 Å². The van der Waals surface area contributed by atoms with Gasteiger partial charge in [-0.25, -0.2) is 9.59 Å². The molecule has 2 saturated heterocycles. The highest BCUT2D eigenvalue weighted by molar-refractivity contribution is 5.92. The number of carbonyl (C=O) groups excluding carboxylic acids is 1. The number of ether oxygens (including phenoxy) is 2. The normalized spacial score (nSPS) is 20.3. The summed E-state index contributed by atoms with van der Waals surface area (Å²) in [5.41, 5.74) is 2.18. The van der Waals surface area contributed by atoms with Crippen LogP contribution in [0.2, 0.25) is 0 Å². The number of amides is 1. The smallest absolute Gasteiger partial charge is 0.475 e. The van der Waals surface area contributed by atoms with Crippen LogP contribution < -0.4 is 0 Å². The summed E-state index contributed by atoms with van der Waals surface area (Å²) >= 11 is 0. The summed E-state index contributed by atoms with van der Waals surface area (Å²) in [6.07, 6.45) is -4.97. The second kappa shape index (κ2) is 13.5. The highest BCUT2D eigenvalue weighted by atomic mass is 19.4. The van der Waals surface area contributed by atoms with Crippen LogP contribution in [-0.4, -0.2) is 86.7 Å². The van der Waals surface area contributed by atoms with Crippen LogP contribution in [0.15, 0.2) is 42.7 Å². The van der Waals surface area contributed by atoms with Gasteiger partial charge in [0.2, 0.25) is 0 Å². The fraction of sp³-hybridized carbons (Fsp3) is 0.458. The first kappa shape index (κ1) is 32.4. The average Bonchev–Trinajstić information content (AvgIpc) is 3.49. The molecule has 10 nitrogen and oxygen atoms in total. The van der Waals surface area contributed by atoms with Gasteiger partial charge in [0.25, 0.3) is 5.91 Å². The van der Waals surface area contributed by atoms with Crippen molar-refractivity contribution in [2.75, 3.05) is 19.7 Å². The van der Waals surface area contributed by atoms with Crippen LogP contribution in [0.5, 0.6) is 0 Å². The number of aliphatic carboxylic acids is 2. The zero-order valence-corrected chi connectivity index (χ0v) is 20.9. The van der Waals surface area contributed by atoms with E-state index in [9.17, 15) is 31.1 Å². The predicted molar refractivity (Wildman–Crippen MR) is 123 cm³/mol. The van der Waals surface area contributed by atoms with E-state index in [1.54, 1.807) is 18.5 Å². The molecule has 2 aliphatic rings. The van der Waals surface area contributed by atoms with Crippen molar-refractivity contribution in [3.05, 3.63) is 59.7 Å². The number of nitrogens with zero attached hydrogens (tertiary/aromatic N) is 3. The van der Waals surface area contributed by atoms with E-state index in [1.807, 2.05) is 36.1 Å². The molecule has 2 fully saturated rings. The molecule has 1 amide bonds. The van der Waals surface area contributed by atoms with E-state index >= 15 is 0 Å². The maximum Gasteiger partial charge on any atom is 0.490 e. The van der Waals surface area contributed by atoms with Crippen molar-refractivity contribution in [2.24, 2.45) is 0 Å². The molecule has 2 aromatic rings. The van der Waals surface area contributed by atoms with Crippen molar-refractivity contribution in [2.45, 2.75) is 50.4 Å². The van der Waals surface area contributed by atoms with Gasteiger partial charge in [0.15, 0.2) is 0 Å². The summed E-state index contributed by atoms with van der Waals surface area (Å²) in [6.45, 7) is 4.31. The van der Waals surface area contributed by atoms with Crippen molar-refractivity contribution in [3.63, 3.8) is 0 Å². The summed E-state index contributed by atoms with van der Waals surface area (Å²) in [5.74, 6) is -5.54. The quantitative estimate of drug-likeness (QED) is 0.518. The van der Waals surface area contributed by atoms with Crippen molar-refractivity contribution in [3.8, 4) is 0 Å². The molecule has 2 atom stereocenters. The van der Waals surface area contributed by atoms with Gasteiger partial charge in [-0.3, -0.25) is 14.8 Å². The van der Waals surface area contributed by atoms with Crippen molar-refractivity contribution >= 4 is 17.8 Å². The molecular formula is C24H25F6N3O7. The van der Waals surface area contributed by atoms with Gasteiger partial charge >= 0.3 is 24.3 Å². The summed E-state index contributed by atoms with van der Waals surface area (Å²) in [6, 6.07) is 9.51. The molecule has 0 unspecified atom stereocenters. The lowest BCUT2D eigenvalue weighted by Gasteiger charge is -2.23. The summed E-state index contributed by atoms with van der Waals surface area (Å²) in [4.78, 5) is 40.8. The van der Waals surface area contributed by atoms with E-state index in [2.05, 4.69) is 9.97 Å². The first-order chi connectivity index (χ1) is 18.5. The first-order valence-electron chi connectivity index (χ1n) is 11.5. The Morgan fingerprint density at radius 3 is 2.17 bits per heavy atom. The molecule has 4 rings (SSSR count). The molecule has 0 aromatic carbocycles. The largest absolute Gasteiger partial charge is 0.490 e. The monoisotopic (exact) mass is 581 g/mol. The van der Waals surface area contributed by atoms with E-state index < -0.39 is 24.3 Å². The number of likely N-dealkylation sites (tertiary alicyclic amines) is 1. The van der Waals surface area contributed by atoms with Gasteiger partial charge < -0.3 is 24.6 Å². The Balaban J connectivity index is 0.000000333. The third kappa shape index (κ3) is 10.1. The van der Waals surface area contributed by atoms with Gasteiger partial charge in [0.05, 0.1) is 37.2 Å². The lowest BCUT2D eigenvalue weighted by Crippen LogP contribution is -2.36. The van der Waals surface area contributed by atoms with Crippen molar-refractivity contribution in [1.29, 1.82) is 0 Å². The summed E-state index contributed by atoms with van der Waals surface area (Å²) in [7, 11) is 0. The number of rotatable bonds is 4. The van der Waals surface area contributed by atoms with Gasteiger partial charge in [-0.05, 0) is 37.1 Å². The Bertz CT molecular complexity index is 1120. The highest BCUT2D eigenvalue weighted by Crippen LogP contribution is 2.36. The second-order valence-electron chi connectivity index (χ2n) is 8.76. The molecule has 0 bridgehead atoms. The van der Waals surface area contributed by atoms with Crippen LogP contribution in [0.1, 0.15) is 34.6 Å². The van der Waals surface area contributed by atoms with Crippen LogP contribution in [0.4, 0.5) is 26.3 Å². The minimum Gasteiger partial charge on any atom is -0.475 e. The number of carboxylic acid groups (broad SMARTS) is 2. The minimum atomic E-state index is -5.08. The Labute approximate surface area is 223 Å². The van der Waals surface area contributed by atoms with E-state index in [-0.39, 0.29) is 17.6 Å². The van der Waals surface area contributed by atoms with Crippen LogP contribution >= 0.6 is 0 Å². The van der Waals surface area contributed by atoms with Gasteiger partial charge in [-0.2, -0.15) is 26.3 Å². The minimum absolute atomic E-state index is 0.0247. The molecule has 0 aliphatic carbocycles. The Kier molecular flexibility index (Phi) is 11.0. The molecule has 0 saturated carbocycles. The molecule has 16 heteroatoms. The van der Waals surface area contributed by atoms with Crippen molar-refractivity contribution < 1.29 is 60.4 Å². The van der Waals surface area contributed by atoms with Crippen LogP contribution in [0.3, 0.4) is 0 Å². The van der Waals surface area contributed by atoms with Crippen LogP contribution in [-0.2, 0) is 25.7 Å². The molecule has 0 radical (unpaired) electrons.